The number of nitrogens with one attached hydrogen (secondary N) is 1. The summed E-state index contributed by atoms with van der Waals surface area (Å²) in [6.45, 7) is 3.71. The maximum atomic E-state index is 12.0. The molecule has 1 N–H and O–H groups in total. The number of carbonyl (C=O) groups is 2. The van der Waals surface area contributed by atoms with Gasteiger partial charge in [0.25, 0.3) is 5.91 Å². The monoisotopic (exact) mass is 274 g/mol. The number of anilines is 1. The molecule has 1 aromatic heterocycles. The summed E-state index contributed by atoms with van der Waals surface area (Å²) in [4.78, 5) is 23.7. The standard InChI is InChI=1S/C14H13NO3S/c1-8-3-5-10(6-4-8)12(16)15-13-11(14(17)18)7-9(2)19-13/h3-7H,1-2H3,(H,15,16)(H,17,18)/p-1. The summed E-state index contributed by atoms with van der Waals surface area (Å²) in [5, 5.41) is 13.9. The maximum absolute atomic E-state index is 12.0. The first-order valence-corrected chi connectivity index (χ1v) is 6.49. The smallest absolute Gasteiger partial charge is 0.256 e. The van der Waals surface area contributed by atoms with E-state index in [1.165, 1.54) is 17.4 Å². The molecule has 4 nitrogen and oxygen atoms in total. The van der Waals surface area contributed by atoms with Crippen LogP contribution in [0, 0.1) is 13.8 Å². The van der Waals surface area contributed by atoms with Gasteiger partial charge in [-0.1, -0.05) is 17.7 Å². The quantitative estimate of drug-likeness (QED) is 0.930. The van der Waals surface area contributed by atoms with E-state index in [1.54, 1.807) is 19.1 Å². The second kappa shape index (κ2) is 5.24. The van der Waals surface area contributed by atoms with Crippen LogP contribution in [0.25, 0.3) is 0 Å². The number of aryl methyl sites for hydroxylation is 2. The molecule has 2 aromatic rings. The summed E-state index contributed by atoms with van der Waals surface area (Å²) >= 11 is 1.22. The Kier molecular flexibility index (Phi) is 3.66. The van der Waals surface area contributed by atoms with Crippen LogP contribution in [0.2, 0.25) is 0 Å². The molecular formula is C14H12NO3S-. The topological polar surface area (TPSA) is 69.2 Å². The number of aromatic carboxylic acids is 1. The van der Waals surface area contributed by atoms with Gasteiger partial charge < -0.3 is 15.2 Å². The van der Waals surface area contributed by atoms with Gasteiger partial charge in [-0.25, -0.2) is 0 Å². The van der Waals surface area contributed by atoms with Crippen molar-refractivity contribution in [1.82, 2.24) is 0 Å². The third-order valence-corrected chi connectivity index (χ3v) is 3.58. The van der Waals surface area contributed by atoms with Crippen molar-refractivity contribution >= 4 is 28.2 Å². The zero-order valence-corrected chi connectivity index (χ0v) is 11.3. The van der Waals surface area contributed by atoms with E-state index < -0.39 is 5.97 Å². The summed E-state index contributed by atoms with van der Waals surface area (Å²) in [5.74, 6) is -1.62. The van der Waals surface area contributed by atoms with Crippen LogP contribution in [0.3, 0.4) is 0 Å². The predicted molar refractivity (Wildman–Crippen MR) is 72.5 cm³/mol. The number of hydrogen-bond donors (Lipinski definition) is 1. The molecule has 0 radical (unpaired) electrons. The molecule has 2 rings (SSSR count). The molecule has 0 unspecified atom stereocenters. The van der Waals surface area contributed by atoms with Crippen molar-refractivity contribution in [1.29, 1.82) is 0 Å². The van der Waals surface area contributed by atoms with Gasteiger partial charge >= 0.3 is 0 Å². The van der Waals surface area contributed by atoms with Crippen LogP contribution in [0.1, 0.15) is 31.2 Å². The fraction of sp³-hybridized carbons (Fsp3) is 0.143. The summed E-state index contributed by atoms with van der Waals surface area (Å²) in [5.41, 5.74) is 1.56. The fourth-order valence-corrected chi connectivity index (χ4v) is 2.53. The van der Waals surface area contributed by atoms with Crippen molar-refractivity contribution in [3.8, 4) is 0 Å². The SMILES string of the molecule is Cc1ccc(C(=O)Nc2sc(C)cc2C(=O)[O-])cc1. The number of thiophene rings is 1. The first kappa shape index (κ1) is 13.3. The maximum Gasteiger partial charge on any atom is 0.256 e. The normalized spacial score (nSPS) is 10.2. The molecule has 5 heteroatoms. The molecule has 0 saturated heterocycles. The average molecular weight is 274 g/mol. The van der Waals surface area contributed by atoms with E-state index in [2.05, 4.69) is 5.32 Å². The Morgan fingerprint density at radius 2 is 1.79 bits per heavy atom. The lowest BCUT2D eigenvalue weighted by Crippen LogP contribution is -2.23. The second-order valence-corrected chi connectivity index (χ2v) is 5.46. The average Bonchev–Trinajstić information content (AvgIpc) is 2.71. The molecule has 1 heterocycles. The lowest BCUT2D eigenvalue weighted by atomic mass is 10.1. The number of carbonyl (C=O) groups excluding carboxylic acids is 2. The Hall–Kier alpha value is -2.14. The number of hydrogen-bond acceptors (Lipinski definition) is 4. The fourth-order valence-electron chi connectivity index (χ4n) is 1.64. The van der Waals surface area contributed by atoms with Gasteiger partial charge in [-0.05, 0) is 32.0 Å². The van der Waals surface area contributed by atoms with E-state index in [0.29, 0.717) is 10.6 Å². The zero-order valence-electron chi connectivity index (χ0n) is 10.5. The van der Waals surface area contributed by atoms with Crippen molar-refractivity contribution in [2.75, 3.05) is 5.32 Å². The van der Waals surface area contributed by atoms with E-state index in [4.69, 9.17) is 0 Å². The molecule has 0 aliphatic heterocycles. The molecular weight excluding hydrogens is 262 g/mol. The minimum atomic E-state index is -1.29. The highest BCUT2D eigenvalue weighted by molar-refractivity contribution is 7.16. The van der Waals surface area contributed by atoms with Crippen LogP contribution in [0.5, 0.6) is 0 Å². The second-order valence-electron chi connectivity index (χ2n) is 4.21. The predicted octanol–water partition coefficient (Wildman–Crippen LogP) is 1.98. The van der Waals surface area contributed by atoms with Crippen molar-refractivity contribution in [3.63, 3.8) is 0 Å². The van der Waals surface area contributed by atoms with E-state index in [-0.39, 0.29) is 11.5 Å². The molecule has 0 atom stereocenters. The third kappa shape index (κ3) is 3.00. The first-order chi connectivity index (χ1) is 8.97. The van der Waals surface area contributed by atoms with Crippen LogP contribution < -0.4 is 10.4 Å². The number of benzene rings is 1. The Labute approximate surface area is 114 Å². The molecule has 98 valence electrons. The Morgan fingerprint density at radius 3 is 2.37 bits per heavy atom. The van der Waals surface area contributed by atoms with Gasteiger partial charge in [0, 0.05) is 16.0 Å². The van der Waals surface area contributed by atoms with Crippen molar-refractivity contribution in [2.24, 2.45) is 0 Å². The van der Waals surface area contributed by atoms with Crippen LogP contribution >= 0.6 is 11.3 Å². The number of amides is 1. The van der Waals surface area contributed by atoms with E-state index in [1.807, 2.05) is 19.1 Å². The minimum Gasteiger partial charge on any atom is -0.545 e. The lowest BCUT2D eigenvalue weighted by Gasteiger charge is -2.07. The van der Waals surface area contributed by atoms with E-state index in [9.17, 15) is 14.7 Å². The lowest BCUT2D eigenvalue weighted by molar-refractivity contribution is -0.254. The first-order valence-electron chi connectivity index (χ1n) is 5.67. The largest absolute Gasteiger partial charge is 0.545 e. The van der Waals surface area contributed by atoms with E-state index in [0.717, 1.165) is 10.4 Å². The number of carboxylic acid groups (broad SMARTS) is 1. The molecule has 19 heavy (non-hydrogen) atoms. The van der Waals surface area contributed by atoms with Gasteiger partial charge in [-0.3, -0.25) is 4.79 Å². The van der Waals surface area contributed by atoms with Crippen LogP contribution in [0.4, 0.5) is 5.00 Å². The highest BCUT2D eigenvalue weighted by atomic mass is 32.1. The molecule has 0 fully saturated rings. The minimum absolute atomic E-state index is 0.0166. The summed E-state index contributed by atoms with van der Waals surface area (Å²) in [6, 6.07) is 8.54. The van der Waals surface area contributed by atoms with Gasteiger partial charge in [0.05, 0.1) is 5.97 Å². The zero-order chi connectivity index (χ0) is 14.0. The molecule has 0 aliphatic rings. The van der Waals surface area contributed by atoms with Crippen molar-refractivity contribution in [2.45, 2.75) is 13.8 Å². The summed E-state index contributed by atoms with van der Waals surface area (Å²) in [7, 11) is 0. The van der Waals surface area contributed by atoms with Crippen LogP contribution in [-0.2, 0) is 0 Å². The van der Waals surface area contributed by atoms with Gasteiger partial charge in [-0.2, -0.15) is 0 Å². The van der Waals surface area contributed by atoms with Gasteiger partial charge in [-0.15, -0.1) is 11.3 Å². The van der Waals surface area contributed by atoms with Crippen molar-refractivity contribution < 1.29 is 14.7 Å². The molecule has 1 aromatic carbocycles. The third-order valence-electron chi connectivity index (χ3n) is 2.62. The number of rotatable bonds is 3. The summed E-state index contributed by atoms with van der Waals surface area (Å²) < 4.78 is 0. The van der Waals surface area contributed by atoms with Gasteiger partial charge in [0.15, 0.2) is 0 Å². The highest BCUT2D eigenvalue weighted by Gasteiger charge is 2.12. The van der Waals surface area contributed by atoms with E-state index >= 15 is 0 Å². The van der Waals surface area contributed by atoms with Gasteiger partial charge in [0.1, 0.15) is 5.00 Å². The summed E-state index contributed by atoms with van der Waals surface area (Å²) in [6.07, 6.45) is 0. The molecule has 0 spiro atoms. The molecule has 1 amide bonds. The number of carboxylic acids is 1. The Morgan fingerprint density at radius 1 is 1.16 bits per heavy atom. The Bertz CT molecular complexity index is 629. The molecule has 0 bridgehead atoms. The van der Waals surface area contributed by atoms with Crippen LogP contribution in [0.15, 0.2) is 30.3 Å². The van der Waals surface area contributed by atoms with Crippen molar-refractivity contribution in [3.05, 3.63) is 51.9 Å². The Balaban J connectivity index is 2.24. The van der Waals surface area contributed by atoms with Gasteiger partial charge in [0.2, 0.25) is 0 Å². The molecule has 0 saturated carbocycles. The highest BCUT2D eigenvalue weighted by Crippen LogP contribution is 2.27. The van der Waals surface area contributed by atoms with Crippen LogP contribution in [-0.4, -0.2) is 11.9 Å². The molecule has 0 aliphatic carbocycles.